The molecule has 0 aliphatic rings. The smallest absolute Gasteiger partial charge is 0.326 e. The van der Waals surface area contributed by atoms with Crippen LogP contribution in [0.5, 0.6) is 0 Å². The van der Waals surface area contributed by atoms with Crippen LogP contribution in [0.1, 0.15) is 59.8 Å². The minimum absolute atomic E-state index is 0.0876. The molecule has 8 N–H and O–H groups in total. The fraction of sp³-hybridized carbons (Fsp3) is 0.810. The Morgan fingerprint density at radius 2 is 1.50 bits per heavy atom. The Bertz CT molecular complexity index is 619. The Balaban J connectivity index is 5.51. The van der Waals surface area contributed by atoms with Crippen molar-refractivity contribution in [1.82, 2.24) is 16.0 Å². The number of hydrogen-bond acceptors (Lipinski definition) is 7. The number of unbranched alkanes of at least 4 members (excludes halogenated alkanes) is 1. The van der Waals surface area contributed by atoms with Crippen LogP contribution in [0.25, 0.3) is 0 Å². The summed E-state index contributed by atoms with van der Waals surface area (Å²) in [5, 5.41) is 17.3. The summed E-state index contributed by atoms with van der Waals surface area (Å²) in [7, 11) is 0. The second-order valence-electron chi connectivity index (χ2n) is 8.54. The molecular weight excluding hydrogens is 434 g/mol. The van der Waals surface area contributed by atoms with Gasteiger partial charge in [0.15, 0.2) is 0 Å². The van der Waals surface area contributed by atoms with Crippen molar-refractivity contribution in [2.45, 2.75) is 84.0 Å². The standard InChI is InChI=1S/C21H41N5O5S/c1-5-13(4)17(21(30)31)26-19(28)15(8-6-7-9-22)24-20(29)16(10-12(2)3)25-18(27)14(23)11-32/h12-17,32H,5-11,22-23H2,1-4H3,(H,24,29)(H,25,27)(H,26,28)(H,30,31). The summed E-state index contributed by atoms with van der Waals surface area (Å²) in [6.45, 7) is 7.81. The molecule has 0 heterocycles. The van der Waals surface area contributed by atoms with Crippen LogP contribution in [0.3, 0.4) is 0 Å². The molecule has 0 spiro atoms. The number of thiol groups is 1. The second-order valence-corrected chi connectivity index (χ2v) is 8.90. The fourth-order valence-corrected chi connectivity index (χ4v) is 3.20. The van der Waals surface area contributed by atoms with E-state index in [1.807, 2.05) is 20.8 Å². The highest BCUT2D eigenvalue weighted by Gasteiger charge is 2.31. The molecule has 0 rings (SSSR count). The number of carbonyl (C=O) groups excluding carboxylic acids is 3. The number of rotatable bonds is 16. The summed E-state index contributed by atoms with van der Waals surface area (Å²) >= 11 is 4.00. The summed E-state index contributed by atoms with van der Waals surface area (Å²) < 4.78 is 0. The van der Waals surface area contributed by atoms with E-state index in [1.165, 1.54) is 0 Å². The molecule has 0 aromatic carbocycles. The molecule has 5 unspecified atom stereocenters. The number of carboxylic acids is 1. The molecule has 32 heavy (non-hydrogen) atoms. The third-order valence-corrected chi connectivity index (χ3v) is 5.62. The van der Waals surface area contributed by atoms with Crippen LogP contribution in [0.4, 0.5) is 0 Å². The van der Waals surface area contributed by atoms with E-state index in [2.05, 4.69) is 28.6 Å². The van der Waals surface area contributed by atoms with Crippen molar-refractivity contribution in [1.29, 1.82) is 0 Å². The van der Waals surface area contributed by atoms with Gasteiger partial charge in [-0.2, -0.15) is 12.6 Å². The van der Waals surface area contributed by atoms with Gasteiger partial charge in [-0.1, -0.05) is 34.1 Å². The lowest BCUT2D eigenvalue weighted by Crippen LogP contribution is -2.58. The molecule has 0 bridgehead atoms. The Hall–Kier alpha value is -1.85. The van der Waals surface area contributed by atoms with Crippen LogP contribution in [0.15, 0.2) is 0 Å². The van der Waals surface area contributed by atoms with Crippen LogP contribution in [0.2, 0.25) is 0 Å². The van der Waals surface area contributed by atoms with Gasteiger partial charge in [0, 0.05) is 5.75 Å². The van der Waals surface area contributed by atoms with Crippen LogP contribution in [-0.2, 0) is 19.2 Å². The number of aliphatic carboxylic acids is 1. The summed E-state index contributed by atoms with van der Waals surface area (Å²) in [4.78, 5) is 49.7. The number of amides is 3. The van der Waals surface area contributed by atoms with E-state index in [0.717, 1.165) is 0 Å². The third kappa shape index (κ3) is 11.1. The molecule has 0 saturated heterocycles. The van der Waals surface area contributed by atoms with Crippen molar-refractivity contribution < 1.29 is 24.3 Å². The summed E-state index contributed by atoms with van der Waals surface area (Å²) in [6.07, 6.45) is 2.42. The number of hydrogen-bond donors (Lipinski definition) is 7. The molecule has 11 heteroatoms. The average molecular weight is 476 g/mol. The first-order valence-corrected chi connectivity index (χ1v) is 11.8. The quantitative estimate of drug-likeness (QED) is 0.121. The minimum atomic E-state index is -1.13. The first-order chi connectivity index (χ1) is 15.0. The Kier molecular flexibility index (Phi) is 15.0. The van der Waals surface area contributed by atoms with E-state index >= 15 is 0 Å². The highest BCUT2D eigenvalue weighted by Crippen LogP contribution is 2.11. The highest BCUT2D eigenvalue weighted by atomic mass is 32.1. The lowest BCUT2D eigenvalue weighted by Gasteiger charge is -2.27. The number of carboxylic acid groups (broad SMARTS) is 1. The Morgan fingerprint density at radius 3 is 1.97 bits per heavy atom. The van der Waals surface area contributed by atoms with Gasteiger partial charge >= 0.3 is 5.97 Å². The molecular formula is C21H41N5O5S. The molecule has 0 aliphatic heterocycles. The zero-order chi connectivity index (χ0) is 24.8. The molecule has 186 valence electrons. The van der Waals surface area contributed by atoms with Gasteiger partial charge in [-0.05, 0) is 44.1 Å². The monoisotopic (exact) mass is 475 g/mol. The second kappa shape index (κ2) is 15.9. The van der Waals surface area contributed by atoms with E-state index in [9.17, 15) is 24.3 Å². The van der Waals surface area contributed by atoms with Crippen molar-refractivity contribution in [3.63, 3.8) is 0 Å². The zero-order valence-corrected chi connectivity index (χ0v) is 20.5. The first kappa shape index (κ1) is 30.1. The van der Waals surface area contributed by atoms with Gasteiger partial charge in [0.25, 0.3) is 0 Å². The lowest BCUT2D eigenvalue weighted by atomic mass is 9.98. The topological polar surface area (TPSA) is 177 Å². The molecule has 0 aliphatic carbocycles. The maximum Gasteiger partial charge on any atom is 0.326 e. The summed E-state index contributed by atoms with van der Waals surface area (Å²) in [6, 6.07) is -3.77. The number of nitrogens with two attached hydrogens (primary N) is 2. The SMILES string of the molecule is CCC(C)C(NC(=O)C(CCCCN)NC(=O)C(CC(C)C)NC(=O)C(N)CS)C(=O)O. The maximum atomic E-state index is 13.0. The van der Waals surface area contributed by atoms with Gasteiger partial charge in [0.05, 0.1) is 6.04 Å². The lowest BCUT2D eigenvalue weighted by molar-refractivity contribution is -0.144. The average Bonchev–Trinajstić information content (AvgIpc) is 2.74. The van der Waals surface area contributed by atoms with Crippen LogP contribution in [0, 0.1) is 11.8 Å². The molecule has 0 aromatic heterocycles. The molecule has 0 saturated carbocycles. The molecule has 3 amide bonds. The highest BCUT2D eigenvalue weighted by molar-refractivity contribution is 7.80. The molecule has 10 nitrogen and oxygen atoms in total. The van der Waals surface area contributed by atoms with Gasteiger partial charge in [-0.15, -0.1) is 0 Å². The largest absolute Gasteiger partial charge is 0.480 e. The fourth-order valence-electron chi connectivity index (χ4n) is 3.04. The van der Waals surface area contributed by atoms with Crippen molar-refractivity contribution in [2.24, 2.45) is 23.3 Å². The summed E-state index contributed by atoms with van der Waals surface area (Å²) in [5.74, 6) is -2.82. The van der Waals surface area contributed by atoms with E-state index < -0.39 is 47.9 Å². The Morgan fingerprint density at radius 1 is 0.938 bits per heavy atom. The molecule has 0 fully saturated rings. The molecule has 0 aromatic rings. The van der Waals surface area contributed by atoms with Crippen molar-refractivity contribution >= 4 is 36.3 Å². The third-order valence-electron chi connectivity index (χ3n) is 5.23. The van der Waals surface area contributed by atoms with Crippen LogP contribution < -0.4 is 27.4 Å². The Labute approximate surface area is 196 Å². The van der Waals surface area contributed by atoms with E-state index in [0.29, 0.717) is 38.6 Å². The van der Waals surface area contributed by atoms with Gasteiger partial charge in [-0.25, -0.2) is 4.79 Å². The van der Waals surface area contributed by atoms with Crippen molar-refractivity contribution in [3.8, 4) is 0 Å². The molecule has 5 atom stereocenters. The normalized spacial score (nSPS) is 15.9. The van der Waals surface area contributed by atoms with Gasteiger partial charge < -0.3 is 32.5 Å². The number of nitrogens with one attached hydrogen (secondary N) is 3. The van der Waals surface area contributed by atoms with E-state index in [1.54, 1.807) is 6.92 Å². The van der Waals surface area contributed by atoms with Crippen LogP contribution in [-0.4, -0.2) is 65.3 Å². The minimum Gasteiger partial charge on any atom is -0.480 e. The van der Waals surface area contributed by atoms with Gasteiger partial charge in [0.1, 0.15) is 18.1 Å². The molecule has 0 radical (unpaired) electrons. The van der Waals surface area contributed by atoms with Gasteiger partial charge in [0.2, 0.25) is 17.7 Å². The van der Waals surface area contributed by atoms with Gasteiger partial charge in [-0.3, -0.25) is 14.4 Å². The van der Waals surface area contributed by atoms with Crippen molar-refractivity contribution in [2.75, 3.05) is 12.3 Å². The number of carbonyl (C=O) groups is 4. The first-order valence-electron chi connectivity index (χ1n) is 11.2. The zero-order valence-electron chi connectivity index (χ0n) is 19.6. The maximum absolute atomic E-state index is 13.0. The summed E-state index contributed by atoms with van der Waals surface area (Å²) in [5.41, 5.74) is 11.2. The predicted octanol–water partition coefficient (Wildman–Crippen LogP) is 0.00370. The predicted molar refractivity (Wildman–Crippen MR) is 127 cm³/mol. The van der Waals surface area contributed by atoms with E-state index in [4.69, 9.17) is 11.5 Å². The van der Waals surface area contributed by atoms with E-state index in [-0.39, 0.29) is 17.6 Å². The van der Waals surface area contributed by atoms with Crippen molar-refractivity contribution in [3.05, 3.63) is 0 Å². The van der Waals surface area contributed by atoms with Crippen LogP contribution >= 0.6 is 12.6 Å².